The molecule has 2 amide bonds. The molecule has 136 valence electrons. The van der Waals surface area contributed by atoms with Gasteiger partial charge in [0, 0.05) is 10.6 Å². The topological polar surface area (TPSA) is 98.2 Å². The number of thioether (sulfide) groups is 1. The Bertz CT molecular complexity index is 943. The van der Waals surface area contributed by atoms with Gasteiger partial charge in [-0.25, -0.2) is 0 Å². The van der Waals surface area contributed by atoms with Crippen LogP contribution in [0.2, 0.25) is 0 Å². The molecule has 0 spiro atoms. The van der Waals surface area contributed by atoms with Crippen LogP contribution in [0.25, 0.3) is 0 Å². The molecule has 0 bridgehead atoms. The first kappa shape index (κ1) is 18.5. The van der Waals surface area contributed by atoms with Gasteiger partial charge >= 0.3 is 0 Å². The summed E-state index contributed by atoms with van der Waals surface area (Å²) >= 11 is 1.41. The summed E-state index contributed by atoms with van der Waals surface area (Å²) in [5, 5.41) is 2.33. The van der Waals surface area contributed by atoms with Crippen LogP contribution in [0, 0.1) is 0 Å². The van der Waals surface area contributed by atoms with Gasteiger partial charge in [0.1, 0.15) is 5.25 Å². The van der Waals surface area contributed by atoms with Crippen molar-refractivity contribution in [1.29, 1.82) is 0 Å². The second-order valence-electron chi connectivity index (χ2n) is 5.88. The van der Waals surface area contributed by atoms with Crippen molar-refractivity contribution < 1.29 is 9.59 Å². The van der Waals surface area contributed by atoms with Gasteiger partial charge < -0.3 is 16.8 Å². The molecule has 0 heterocycles. The minimum Gasteiger partial charge on any atom is -0.399 e. The SMILES string of the molecule is NC(=O)c1ccccc1NC(=O)C(Sc1ccc(N)cc1)c1ccccc1. The average molecular weight is 377 g/mol. The van der Waals surface area contributed by atoms with Crippen molar-refractivity contribution in [3.8, 4) is 0 Å². The lowest BCUT2D eigenvalue weighted by atomic mass is 10.1. The van der Waals surface area contributed by atoms with Gasteiger partial charge in [-0.1, -0.05) is 42.5 Å². The zero-order valence-corrected chi connectivity index (χ0v) is 15.3. The monoisotopic (exact) mass is 377 g/mol. The van der Waals surface area contributed by atoms with Crippen LogP contribution in [0.15, 0.2) is 83.8 Å². The van der Waals surface area contributed by atoms with Crippen molar-refractivity contribution in [3.63, 3.8) is 0 Å². The Balaban J connectivity index is 1.89. The molecule has 0 radical (unpaired) electrons. The fourth-order valence-electron chi connectivity index (χ4n) is 2.59. The predicted molar refractivity (Wildman–Crippen MR) is 109 cm³/mol. The minimum absolute atomic E-state index is 0.239. The lowest BCUT2D eigenvalue weighted by molar-refractivity contribution is -0.115. The summed E-state index contributed by atoms with van der Waals surface area (Å²) in [7, 11) is 0. The number of anilines is 2. The smallest absolute Gasteiger partial charge is 0.250 e. The van der Waals surface area contributed by atoms with E-state index in [-0.39, 0.29) is 11.5 Å². The molecule has 3 aromatic rings. The van der Waals surface area contributed by atoms with E-state index in [0.29, 0.717) is 11.4 Å². The van der Waals surface area contributed by atoms with E-state index in [1.165, 1.54) is 11.8 Å². The van der Waals surface area contributed by atoms with E-state index in [1.807, 2.05) is 42.5 Å². The van der Waals surface area contributed by atoms with Gasteiger partial charge in [-0.3, -0.25) is 9.59 Å². The quantitative estimate of drug-likeness (QED) is 0.449. The predicted octanol–water partition coefficient (Wildman–Crippen LogP) is 3.84. The van der Waals surface area contributed by atoms with Crippen LogP contribution in [0.1, 0.15) is 21.2 Å². The summed E-state index contributed by atoms with van der Waals surface area (Å²) in [6.45, 7) is 0. The number of nitrogens with two attached hydrogens (primary N) is 2. The van der Waals surface area contributed by atoms with E-state index in [4.69, 9.17) is 11.5 Å². The Kier molecular flexibility index (Phi) is 5.78. The summed E-state index contributed by atoms with van der Waals surface area (Å²) in [5.74, 6) is -0.829. The number of primary amides is 1. The summed E-state index contributed by atoms with van der Waals surface area (Å²) < 4.78 is 0. The molecule has 0 fully saturated rings. The van der Waals surface area contributed by atoms with Crippen LogP contribution in [0.5, 0.6) is 0 Å². The zero-order chi connectivity index (χ0) is 19.2. The molecule has 5 nitrogen and oxygen atoms in total. The summed E-state index contributed by atoms with van der Waals surface area (Å²) in [5.41, 5.74) is 13.3. The van der Waals surface area contributed by atoms with Gasteiger partial charge in [0.15, 0.2) is 0 Å². The Morgan fingerprint density at radius 2 is 1.48 bits per heavy atom. The second kappa shape index (κ2) is 8.42. The number of para-hydroxylation sites is 1. The largest absolute Gasteiger partial charge is 0.399 e. The molecule has 0 saturated heterocycles. The van der Waals surface area contributed by atoms with Gasteiger partial charge in [0.05, 0.1) is 11.3 Å². The number of benzene rings is 3. The first-order valence-electron chi connectivity index (χ1n) is 8.31. The standard InChI is InChI=1S/C21H19N3O2S/c22-15-10-12-16(13-11-15)27-19(14-6-2-1-3-7-14)21(26)24-18-9-5-4-8-17(18)20(23)25/h1-13,19H,22H2,(H2,23,25)(H,24,26). The molecular weight excluding hydrogens is 358 g/mol. The van der Waals surface area contributed by atoms with E-state index in [2.05, 4.69) is 5.32 Å². The number of hydrogen-bond acceptors (Lipinski definition) is 4. The summed E-state index contributed by atoms with van der Waals surface area (Å²) in [6, 6.07) is 23.5. The normalized spacial score (nSPS) is 11.6. The molecule has 0 aromatic heterocycles. The third-order valence-corrected chi connectivity index (χ3v) is 5.19. The molecule has 1 unspecified atom stereocenters. The van der Waals surface area contributed by atoms with Crippen LogP contribution in [-0.2, 0) is 4.79 Å². The maximum Gasteiger partial charge on any atom is 0.250 e. The number of nitrogen functional groups attached to an aromatic ring is 1. The van der Waals surface area contributed by atoms with Crippen LogP contribution in [0.3, 0.4) is 0 Å². The second-order valence-corrected chi connectivity index (χ2v) is 7.06. The number of nitrogens with one attached hydrogen (secondary N) is 1. The maximum absolute atomic E-state index is 13.1. The van der Waals surface area contributed by atoms with Crippen LogP contribution in [0.4, 0.5) is 11.4 Å². The molecule has 6 heteroatoms. The lowest BCUT2D eigenvalue weighted by Crippen LogP contribution is -2.22. The van der Waals surface area contributed by atoms with Crippen molar-refractivity contribution in [3.05, 3.63) is 90.0 Å². The van der Waals surface area contributed by atoms with E-state index < -0.39 is 11.2 Å². The minimum atomic E-state index is -0.589. The first-order chi connectivity index (χ1) is 13.0. The van der Waals surface area contributed by atoms with Crippen molar-refractivity contribution in [1.82, 2.24) is 0 Å². The Hall–Kier alpha value is -3.25. The fourth-order valence-corrected chi connectivity index (χ4v) is 3.61. The van der Waals surface area contributed by atoms with E-state index in [1.54, 1.807) is 36.4 Å². The molecule has 0 saturated carbocycles. The van der Waals surface area contributed by atoms with Gasteiger partial charge in [-0.05, 0) is 42.0 Å². The molecule has 1 atom stereocenters. The highest BCUT2D eigenvalue weighted by Gasteiger charge is 2.23. The Morgan fingerprint density at radius 3 is 2.15 bits per heavy atom. The van der Waals surface area contributed by atoms with Crippen molar-refractivity contribution in [2.75, 3.05) is 11.1 Å². The third kappa shape index (κ3) is 4.68. The molecule has 3 aromatic carbocycles. The van der Waals surface area contributed by atoms with Crippen LogP contribution in [-0.4, -0.2) is 11.8 Å². The van der Waals surface area contributed by atoms with Crippen molar-refractivity contribution in [2.45, 2.75) is 10.1 Å². The Labute approximate surface area is 161 Å². The number of amides is 2. The zero-order valence-electron chi connectivity index (χ0n) is 14.5. The maximum atomic E-state index is 13.1. The van der Waals surface area contributed by atoms with Crippen molar-refractivity contribution >= 4 is 35.0 Å². The lowest BCUT2D eigenvalue weighted by Gasteiger charge is -2.18. The molecule has 5 N–H and O–H groups in total. The highest BCUT2D eigenvalue weighted by atomic mass is 32.2. The van der Waals surface area contributed by atoms with Crippen LogP contribution >= 0.6 is 11.8 Å². The molecule has 0 aliphatic rings. The highest BCUT2D eigenvalue weighted by molar-refractivity contribution is 8.00. The van der Waals surface area contributed by atoms with Gasteiger partial charge in [0.2, 0.25) is 5.91 Å². The molecule has 0 aliphatic carbocycles. The van der Waals surface area contributed by atoms with E-state index >= 15 is 0 Å². The third-order valence-electron chi connectivity index (χ3n) is 3.92. The molecule has 0 aliphatic heterocycles. The van der Waals surface area contributed by atoms with E-state index in [9.17, 15) is 9.59 Å². The van der Waals surface area contributed by atoms with E-state index in [0.717, 1.165) is 10.5 Å². The number of hydrogen-bond donors (Lipinski definition) is 3. The van der Waals surface area contributed by atoms with Gasteiger partial charge in [-0.2, -0.15) is 0 Å². The highest BCUT2D eigenvalue weighted by Crippen LogP contribution is 2.36. The van der Waals surface area contributed by atoms with Crippen molar-refractivity contribution in [2.24, 2.45) is 5.73 Å². The number of carbonyl (C=O) groups excluding carboxylic acids is 2. The molecular formula is C21H19N3O2S. The Morgan fingerprint density at radius 1 is 0.852 bits per heavy atom. The van der Waals surface area contributed by atoms with Gasteiger partial charge in [-0.15, -0.1) is 11.8 Å². The first-order valence-corrected chi connectivity index (χ1v) is 9.19. The number of carbonyl (C=O) groups is 2. The average Bonchev–Trinajstić information content (AvgIpc) is 2.68. The summed E-state index contributed by atoms with van der Waals surface area (Å²) in [6.07, 6.45) is 0. The molecule has 27 heavy (non-hydrogen) atoms. The fraction of sp³-hybridized carbons (Fsp3) is 0.0476. The summed E-state index contributed by atoms with van der Waals surface area (Å²) in [4.78, 5) is 25.6. The van der Waals surface area contributed by atoms with Crippen LogP contribution < -0.4 is 16.8 Å². The number of rotatable bonds is 6. The van der Waals surface area contributed by atoms with Gasteiger partial charge in [0.25, 0.3) is 5.91 Å². The molecule has 3 rings (SSSR count).